The van der Waals surface area contributed by atoms with Gasteiger partial charge in [0.05, 0.1) is 18.6 Å². The van der Waals surface area contributed by atoms with Crippen molar-refractivity contribution in [2.45, 2.75) is 69.9 Å². The average Bonchev–Trinajstić information content (AvgIpc) is 3.05. The zero-order valence-electron chi connectivity index (χ0n) is 27.6. The number of nitrogens with one attached hydrogen (secondary N) is 2. The molecule has 0 aliphatic carbocycles. The summed E-state index contributed by atoms with van der Waals surface area (Å²) in [5, 5.41) is 16.1. The van der Waals surface area contributed by atoms with Gasteiger partial charge in [-0.25, -0.2) is 13.2 Å². The van der Waals surface area contributed by atoms with Gasteiger partial charge in [-0.05, 0) is 61.3 Å². The molecule has 9 nitrogen and oxygen atoms in total. The van der Waals surface area contributed by atoms with Gasteiger partial charge in [-0.1, -0.05) is 99.1 Å². The molecule has 0 fully saturated rings. The Morgan fingerprint density at radius 2 is 1.41 bits per heavy atom. The first-order valence-electron chi connectivity index (χ1n) is 15.9. The quantitative estimate of drug-likeness (QED) is 0.178. The number of amides is 2. The molecule has 3 aromatic rings. The number of carbonyl (C=O) groups is 2. The first-order chi connectivity index (χ1) is 22.0. The van der Waals surface area contributed by atoms with E-state index in [9.17, 15) is 23.1 Å². The Balaban J connectivity index is 1.75. The predicted molar refractivity (Wildman–Crippen MR) is 181 cm³/mol. The number of hydrogen-bond acceptors (Lipinski definition) is 6. The number of aliphatic hydroxyl groups is 1. The summed E-state index contributed by atoms with van der Waals surface area (Å²) >= 11 is 0. The Kier molecular flexibility index (Phi) is 14.2. The Hall–Kier alpha value is -3.73. The lowest BCUT2D eigenvalue weighted by Crippen LogP contribution is -2.51. The summed E-state index contributed by atoms with van der Waals surface area (Å²) < 4.78 is 33.7. The number of methoxy groups -OCH3 is 1. The van der Waals surface area contributed by atoms with Gasteiger partial charge in [0, 0.05) is 25.0 Å². The van der Waals surface area contributed by atoms with Crippen LogP contribution in [0.5, 0.6) is 0 Å². The third kappa shape index (κ3) is 10.4. The number of carbonyl (C=O) groups excluding carboxylic acids is 2. The molecule has 0 spiro atoms. The summed E-state index contributed by atoms with van der Waals surface area (Å²) in [6, 6.07) is 24.2. The minimum absolute atomic E-state index is 0.0438. The van der Waals surface area contributed by atoms with Crippen LogP contribution in [0.3, 0.4) is 0 Å². The largest absolute Gasteiger partial charge is 0.453 e. The van der Waals surface area contributed by atoms with Gasteiger partial charge < -0.3 is 20.5 Å². The van der Waals surface area contributed by atoms with Gasteiger partial charge in [0.1, 0.15) is 6.04 Å². The monoisotopic (exact) mass is 651 g/mol. The van der Waals surface area contributed by atoms with Gasteiger partial charge in [0.25, 0.3) is 0 Å². The second-order valence-electron chi connectivity index (χ2n) is 12.3. The van der Waals surface area contributed by atoms with E-state index in [0.717, 1.165) is 16.7 Å². The highest BCUT2D eigenvalue weighted by Gasteiger charge is 2.34. The van der Waals surface area contributed by atoms with Crippen LogP contribution in [-0.4, -0.2) is 68.7 Å². The van der Waals surface area contributed by atoms with Crippen LogP contribution >= 0.6 is 0 Å². The average molecular weight is 652 g/mol. The van der Waals surface area contributed by atoms with Crippen molar-refractivity contribution in [1.82, 2.24) is 14.9 Å². The Morgan fingerprint density at radius 3 is 1.91 bits per heavy atom. The molecule has 3 unspecified atom stereocenters. The molecule has 0 aliphatic heterocycles. The lowest BCUT2D eigenvalue weighted by molar-refractivity contribution is -0.123. The first kappa shape index (κ1) is 36.7. The topological polar surface area (TPSA) is 125 Å². The highest BCUT2D eigenvalue weighted by atomic mass is 32.2. The van der Waals surface area contributed by atoms with Crippen LogP contribution in [0, 0.1) is 18.8 Å². The number of nitrogens with zero attached hydrogens (tertiary/aromatic N) is 1. The molecule has 10 heteroatoms. The molecule has 2 amide bonds. The van der Waals surface area contributed by atoms with E-state index in [0.29, 0.717) is 32.4 Å². The number of alkyl carbamates (subject to hydrolysis) is 1. The molecule has 46 heavy (non-hydrogen) atoms. The van der Waals surface area contributed by atoms with Gasteiger partial charge in [0.15, 0.2) is 0 Å². The summed E-state index contributed by atoms with van der Waals surface area (Å²) in [6.45, 7) is 8.23. The van der Waals surface area contributed by atoms with Gasteiger partial charge >= 0.3 is 6.09 Å². The van der Waals surface area contributed by atoms with Crippen molar-refractivity contribution in [3.8, 4) is 0 Å². The lowest BCUT2D eigenvalue weighted by atomic mass is 9.84. The van der Waals surface area contributed by atoms with Crippen molar-refractivity contribution in [1.29, 1.82) is 0 Å². The number of hydrogen-bond donors (Lipinski definition) is 3. The van der Waals surface area contributed by atoms with Gasteiger partial charge in [-0.3, -0.25) is 4.79 Å². The molecule has 0 aromatic heterocycles. The fourth-order valence-electron chi connectivity index (χ4n) is 5.40. The predicted octanol–water partition coefficient (Wildman–Crippen LogP) is 5.48. The van der Waals surface area contributed by atoms with Crippen LogP contribution in [0.1, 0.15) is 62.6 Å². The Labute approximate surface area is 274 Å². The SMILES string of the molecule is COC(=O)NC(C(=O)NCC(C)CCC(CO)N(CCC(C)C)S(=O)(=O)c1ccc(C)cc1)C(c1ccccc1)c1ccccc1. The molecule has 0 saturated heterocycles. The molecule has 0 bridgehead atoms. The smallest absolute Gasteiger partial charge is 0.407 e. The number of aryl methyl sites for hydroxylation is 1. The molecule has 3 aromatic carbocycles. The van der Waals surface area contributed by atoms with Crippen molar-refractivity contribution in [3.05, 3.63) is 102 Å². The molecule has 3 N–H and O–H groups in total. The number of ether oxygens (including phenoxy) is 1. The van der Waals surface area contributed by atoms with E-state index >= 15 is 0 Å². The van der Waals surface area contributed by atoms with Crippen molar-refractivity contribution >= 4 is 22.0 Å². The molecule has 0 heterocycles. The number of benzene rings is 3. The maximum atomic E-state index is 13.7. The fraction of sp³-hybridized carbons (Fsp3) is 0.444. The maximum Gasteiger partial charge on any atom is 0.407 e. The van der Waals surface area contributed by atoms with Crippen LogP contribution in [0.2, 0.25) is 0 Å². The molecule has 3 atom stereocenters. The van der Waals surface area contributed by atoms with Crippen molar-refractivity contribution in [3.63, 3.8) is 0 Å². The van der Waals surface area contributed by atoms with Crippen molar-refractivity contribution < 1.29 is 27.9 Å². The number of rotatable bonds is 17. The van der Waals surface area contributed by atoms with Crippen LogP contribution in [-0.2, 0) is 19.6 Å². The first-order valence-corrected chi connectivity index (χ1v) is 17.3. The van der Waals surface area contributed by atoms with Gasteiger partial charge in [0.2, 0.25) is 15.9 Å². The van der Waals surface area contributed by atoms with Crippen molar-refractivity contribution in [2.24, 2.45) is 11.8 Å². The normalized spacial score (nSPS) is 13.8. The van der Waals surface area contributed by atoms with Gasteiger partial charge in [-0.15, -0.1) is 0 Å². The summed E-state index contributed by atoms with van der Waals surface area (Å²) in [7, 11) is -2.58. The molecule has 3 rings (SSSR count). The number of aliphatic hydroxyl groups excluding tert-OH is 1. The third-order valence-corrected chi connectivity index (χ3v) is 10.1. The standard InChI is InChI=1S/C36H49N3O6S/c1-26(2)22-23-39(46(43,44)32-20-17-27(3)18-21-32)31(25-40)19-16-28(4)24-37-35(41)34(38-36(42)45-5)33(29-12-8-6-9-13-29)30-14-10-7-11-15-30/h6-15,17-18,20-21,26,28,31,33-34,40H,16,19,22-25H2,1-5H3,(H,37,41)(H,38,42). The summed E-state index contributed by atoms with van der Waals surface area (Å²) in [4.78, 5) is 26.4. The molecular formula is C36H49N3O6S. The summed E-state index contributed by atoms with van der Waals surface area (Å²) in [5.41, 5.74) is 2.69. The minimum Gasteiger partial charge on any atom is -0.453 e. The second kappa shape index (κ2) is 17.8. The van der Waals surface area contributed by atoms with Crippen LogP contribution in [0.25, 0.3) is 0 Å². The second-order valence-corrected chi connectivity index (χ2v) is 14.2. The highest BCUT2D eigenvalue weighted by molar-refractivity contribution is 7.89. The van der Waals surface area contributed by atoms with E-state index in [1.165, 1.54) is 11.4 Å². The zero-order chi connectivity index (χ0) is 33.7. The number of sulfonamides is 1. The molecule has 250 valence electrons. The van der Waals surface area contributed by atoms with Crippen LogP contribution < -0.4 is 10.6 Å². The minimum atomic E-state index is -3.83. The van der Waals surface area contributed by atoms with Crippen LogP contribution in [0.4, 0.5) is 4.79 Å². The van der Waals surface area contributed by atoms with E-state index in [2.05, 4.69) is 10.6 Å². The zero-order valence-corrected chi connectivity index (χ0v) is 28.4. The molecule has 0 aliphatic rings. The van der Waals surface area contributed by atoms with Gasteiger partial charge in [-0.2, -0.15) is 4.31 Å². The lowest BCUT2D eigenvalue weighted by Gasteiger charge is -2.31. The summed E-state index contributed by atoms with van der Waals surface area (Å²) in [5.74, 6) is -0.602. The fourth-order valence-corrected chi connectivity index (χ4v) is 7.07. The van der Waals surface area contributed by atoms with E-state index in [-0.39, 0.29) is 29.2 Å². The van der Waals surface area contributed by atoms with E-state index in [1.54, 1.807) is 24.3 Å². The Morgan fingerprint density at radius 1 is 0.848 bits per heavy atom. The van der Waals surface area contributed by atoms with E-state index in [4.69, 9.17) is 4.74 Å². The van der Waals surface area contributed by atoms with E-state index < -0.39 is 34.1 Å². The summed E-state index contributed by atoms with van der Waals surface area (Å²) in [6.07, 6.45) is 0.915. The van der Waals surface area contributed by atoms with E-state index in [1.807, 2.05) is 88.4 Å². The third-order valence-electron chi connectivity index (χ3n) is 8.18. The molecule has 0 saturated carbocycles. The maximum absolute atomic E-state index is 13.7. The highest BCUT2D eigenvalue weighted by Crippen LogP contribution is 2.29. The van der Waals surface area contributed by atoms with Crippen molar-refractivity contribution in [2.75, 3.05) is 26.8 Å². The Bertz CT molecular complexity index is 1430. The molecular weight excluding hydrogens is 602 g/mol. The molecule has 0 radical (unpaired) electrons. The van der Waals surface area contributed by atoms with Crippen LogP contribution in [0.15, 0.2) is 89.8 Å².